The Bertz CT molecular complexity index is 443. The molecule has 1 aliphatic rings. The number of piperidine rings is 1. The van der Waals surface area contributed by atoms with Gasteiger partial charge in [0.1, 0.15) is 0 Å². The predicted molar refractivity (Wildman–Crippen MR) is 63.7 cm³/mol. The lowest BCUT2D eigenvalue weighted by Crippen LogP contribution is -2.29. The summed E-state index contributed by atoms with van der Waals surface area (Å²) in [7, 11) is 0. The molecular weight excluding hydrogens is 232 g/mol. The quantitative estimate of drug-likeness (QED) is 0.722. The van der Waals surface area contributed by atoms with Gasteiger partial charge in [-0.05, 0) is 25.9 Å². The Morgan fingerprint density at radius 3 is 3.11 bits per heavy atom. The van der Waals surface area contributed by atoms with Gasteiger partial charge in [-0.25, -0.2) is 4.68 Å². The molecular formula is C11H16N6O. The van der Waals surface area contributed by atoms with Crippen LogP contribution in [0.25, 0.3) is 0 Å². The lowest BCUT2D eigenvalue weighted by molar-refractivity contribution is 0.0949. The fourth-order valence-electron chi connectivity index (χ4n) is 1.95. The van der Waals surface area contributed by atoms with Crippen LogP contribution in [0, 0.1) is 11.3 Å². The maximum atomic E-state index is 11.7. The molecule has 96 valence electrons. The number of nitriles is 1. The van der Waals surface area contributed by atoms with Crippen LogP contribution in [-0.2, 0) is 0 Å². The molecule has 2 rings (SSSR count). The average Bonchev–Trinajstić information content (AvgIpc) is 2.89. The van der Waals surface area contributed by atoms with Crippen LogP contribution in [0.3, 0.4) is 0 Å². The molecule has 0 bridgehead atoms. The molecule has 7 nitrogen and oxygen atoms in total. The molecule has 0 radical (unpaired) electrons. The fraction of sp³-hybridized carbons (Fsp3) is 0.636. The average molecular weight is 248 g/mol. The van der Waals surface area contributed by atoms with Gasteiger partial charge in [-0.2, -0.15) is 5.26 Å². The summed E-state index contributed by atoms with van der Waals surface area (Å²) in [5.74, 6) is -0.273. The molecule has 0 atom stereocenters. The molecule has 0 spiro atoms. The highest BCUT2D eigenvalue weighted by atomic mass is 16.2. The molecule has 1 aromatic rings. The zero-order valence-corrected chi connectivity index (χ0v) is 10.1. The van der Waals surface area contributed by atoms with Crippen LogP contribution in [0.5, 0.6) is 0 Å². The Hall–Kier alpha value is -1.94. The molecule has 1 aromatic heterocycles. The molecule has 2 heterocycles. The molecule has 1 aliphatic heterocycles. The number of carbonyl (C=O) groups excluding carboxylic acids is 1. The summed E-state index contributed by atoms with van der Waals surface area (Å²) in [5, 5.41) is 22.2. The van der Waals surface area contributed by atoms with Crippen LogP contribution >= 0.6 is 0 Å². The smallest absolute Gasteiger partial charge is 0.273 e. The van der Waals surface area contributed by atoms with E-state index in [1.165, 1.54) is 0 Å². The summed E-state index contributed by atoms with van der Waals surface area (Å²) in [6.45, 7) is 2.28. The van der Waals surface area contributed by atoms with E-state index in [1.54, 1.807) is 10.9 Å². The summed E-state index contributed by atoms with van der Waals surface area (Å²) in [4.78, 5) is 11.7. The van der Waals surface area contributed by atoms with E-state index in [0.29, 0.717) is 24.7 Å². The normalized spacial score (nSPS) is 16.2. The zero-order valence-electron chi connectivity index (χ0n) is 10.1. The highest BCUT2D eigenvalue weighted by molar-refractivity contribution is 5.91. The first-order valence-corrected chi connectivity index (χ1v) is 6.09. The third-order valence-electron chi connectivity index (χ3n) is 2.95. The van der Waals surface area contributed by atoms with Crippen LogP contribution in [0.4, 0.5) is 0 Å². The van der Waals surface area contributed by atoms with E-state index in [4.69, 9.17) is 5.26 Å². The van der Waals surface area contributed by atoms with Gasteiger partial charge in [-0.1, -0.05) is 5.21 Å². The van der Waals surface area contributed by atoms with Gasteiger partial charge in [0.05, 0.1) is 24.7 Å². The van der Waals surface area contributed by atoms with Crippen LogP contribution in [0.1, 0.15) is 35.8 Å². The number of rotatable bonds is 4. The van der Waals surface area contributed by atoms with Crippen molar-refractivity contribution in [2.75, 3.05) is 19.6 Å². The second-order valence-electron chi connectivity index (χ2n) is 4.23. The molecule has 0 aromatic carbocycles. The van der Waals surface area contributed by atoms with Crippen molar-refractivity contribution < 1.29 is 4.79 Å². The molecule has 7 heteroatoms. The molecule has 0 unspecified atom stereocenters. The van der Waals surface area contributed by atoms with Gasteiger partial charge < -0.3 is 10.6 Å². The number of hydrogen-bond acceptors (Lipinski definition) is 5. The van der Waals surface area contributed by atoms with Gasteiger partial charge in [0.15, 0.2) is 5.69 Å². The zero-order chi connectivity index (χ0) is 12.8. The van der Waals surface area contributed by atoms with E-state index in [-0.39, 0.29) is 5.91 Å². The lowest BCUT2D eigenvalue weighted by Gasteiger charge is -2.22. The van der Waals surface area contributed by atoms with Gasteiger partial charge in [0.2, 0.25) is 0 Å². The first kappa shape index (κ1) is 12.5. The fourth-order valence-corrected chi connectivity index (χ4v) is 1.95. The minimum absolute atomic E-state index is 0.273. The number of aromatic nitrogens is 3. The predicted octanol–water partition coefficient (Wildman–Crippen LogP) is -0.154. The Morgan fingerprint density at radius 1 is 1.61 bits per heavy atom. The maximum Gasteiger partial charge on any atom is 0.273 e. The molecule has 2 N–H and O–H groups in total. The number of nitrogens with one attached hydrogen (secondary N) is 2. The minimum atomic E-state index is -0.273. The molecule has 1 fully saturated rings. The summed E-state index contributed by atoms with van der Waals surface area (Å²) >= 11 is 0. The van der Waals surface area contributed by atoms with Crippen LogP contribution in [-0.4, -0.2) is 40.5 Å². The molecule has 1 amide bonds. The first-order chi connectivity index (χ1) is 8.81. The Balaban J connectivity index is 1.92. The molecule has 18 heavy (non-hydrogen) atoms. The molecule has 1 saturated heterocycles. The maximum absolute atomic E-state index is 11.7. The van der Waals surface area contributed by atoms with E-state index in [0.717, 1.165) is 25.9 Å². The van der Waals surface area contributed by atoms with Gasteiger partial charge in [0.25, 0.3) is 5.91 Å². The molecule has 0 aliphatic carbocycles. The van der Waals surface area contributed by atoms with Crippen molar-refractivity contribution >= 4 is 5.91 Å². The Morgan fingerprint density at radius 2 is 2.39 bits per heavy atom. The van der Waals surface area contributed by atoms with Crippen molar-refractivity contribution in [3.05, 3.63) is 11.9 Å². The Labute approximate surface area is 105 Å². The highest BCUT2D eigenvalue weighted by Crippen LogP contribution is 2.16. The number of carbonyl (C=O) groups is 1. The SMILES string of the molecule is N#CCCNC(=O)c1cn(C2CCNCC2)nn1. The van der Waals surface area contributed by atoms with Crippen molar-refractivity contribution in [3.63, 3.8) is 0 Å². The first-order valence-electron chi connectivity index (χ1n) is 6.09. The highest BCUT2D eigenvalue weighted by Gasteiger charge is 2.18. The van der Waals surface area contributed by atoms with E-state index >= 15 is 0 Å². The van der Waals surface area contributed by atoms with E-state index in [9.17, 15) is 4.79 Å². The summed E-state index contributed by atoms with van der Waals surface area (Å²) < 4.78 is 1.76. The van der Waals surface area contributed by atoms with Crippen molar-refractivity contribution in [1.29, 1.82) is 5.26 Å². The van der Waals surface area contributed by atoms with Crippen LogP contribution in [0.2, 0.25) is 0 Å². The van der Waals surface area contributed by atoms with Crippen molar-refractivity contribution in [1.82, 2.24) is 25.6 Å². The second-order valence-corrected chi connectivity index (χ2v) is 4.23. The van der Waals surface area contributed by atoms with E-state index < -0.39 is 0 Å². The van der Waals surface area contributed by atoms with Gasteiger partial charge in [-0.15, -0.1) is 5.10 Å². The van der Waals surface area contributed by atoms with Crippen LogP contribution < -0.4 is 10.6 Å². The van der Waals surface area contributed by atoms with Crippen LogP contribution in [0.15, 0.2) is 6.20 Å². The minimum Gasteiger partial charge on any atom is -0.350 e. The summed E-state index contributed by atoms with van der Waals surface area (Å²) in [6.07, 6.45) is 3.98. The lowest BCUT2D eigenvalue weighted by atomic mass is 10.1. The molecule has 0 saturated carbocycles. The third-order valence-corrected chi connectivity index (χ3v) is 2.95. The van der Waals surface area contributed by atoms with Crippen molar-refractivity contribution in [2.45, 2.75) is 25.3 Å². The van der Waals surface area contributed by atoms with Crippen molar-refractivity contribution in [3.8, 4) is 6.07 Å². The third kappa shape index (κ3) is 3.05. The summed E-state index contributed by atoms with van der Waals surface area (Å²) in [5.41, 5.74) is 0.312. The van der Waals surface area contributed by atoms with Gasteiger partial charge >= 0.3 is 0 Å². The summed E-state index contributed by atoms with van der Waals surface area (Å²) in [6, 6.07) is 2.29. The van der Waals surface area contributed by atoms with Gasteiger partial charge in [0, 0.05) is 6.54 Å². The number of nitrogens with zero attached hydrogens (tertiary/aromatic N) is 4. The van der Waals surface area contributed by atoms with E-state index in [1.807, 2.05) is 6.07 Å². The second kappa shape index (κ2) is 6.12. The number of amides is 1. The monoisotopic (exact) mass is 248 g/mol. The topological polar surface area (TPSA) is 95.6 Å². The largest absolute Gasteiger partial charge is 0.350 e. The number of hydrogen-bond donors (Lipinski definition) is 2. The van der Waals surface area contributed by atoms with E-state index in [2.05, 4.69) is 20.9 Å². The van der Waals surface area contributed by atoms with Crippen molar-refractivity contribution in [2.24, 2.45) is 0 Å². The Kier molecular flexibility index (Phi) is 4.25. The standard InChI is InChI=1S/C11H16N6O/c12-4-1-5-14-11(18)10-8-17(16-15-10)9-2-6-13-7-3-9/h8-9,13H,1-3,5-7H2,(H,14,18). The van der Waals surface area contributed by atoms with Gasteiger partial charge in [-0.3, -0.25) is 4.79 Å².